The minimum Gasteiger partial charge on any atom is -0.487 e. The lowest BCUT2D eigenvalue weighted by Crippen LogP contribution is -2.20. The van der Waals surface area contributed by atoms with Crippen molar-refractivity contribution >= 4 is 28.8 Å². The molecule has 7 heteroatoms. The van der Waals surface area contributed by atoms with Crippen LogP contribution < -0.4 is 21.2 Å². The Morgan fingerprint density at radius 3 is 2.62 bits per heavy atom. The van der Waals surface area contributed by atoms with Crippen molar-refractivity contribution in [3.8, 4) is 5.75 Å². The molecule has 1 aromatic carbocycles. The summed E-state index contributed by atoms with van der Waals surface area (Å²) in [6.45, 7) is 0.153. The molecule has 1 amide bonds. The average molecular weight is 303 g/mol. The van der Waals surface area contributed by atoms with Gasteiger partial charge in [0.2, 0.25) is 0 Å². The van der Waals surface area contributed by atoms with E-state index in [0.717, 1.165) is 0 Å². The predicted molar refractivity (Wildman–Crippen MR) is 83.7 cm³/mol. The molecular formula is C14H13N3O3S. The number of carbonyl (C=O) groups excluding carboxylic acids is 1. The van der Waals surface area contributed by atoms with Gasteiger partial charge in [0.1, 0.15) is 22.9 Å². The number of ether oxygens (including phenoxy) is 1. The van der Waals surface area contributed by atoms with Crippen LogP contribution in [0.1, 0.15) is 10.4 Å². The number of rotatable bonds is 5. The number of H-pyrrole nitrogens is 1. The lowest BCUT2D eigenvalue weighted by molar-refractivity contribution is 0.102. The lowest BCUT2D eigenvalue weighted by atomic mass is 10.2. The molecule has 0 saturated carbocycles. The number of pyridine rings is 1. The Kier molecular flexibility index (Phi) is 4.68. The van der Waals surface area contributed by atoms with Gasteiger partial charge in [-0.2, -0.15) is 0 Å². The van der Waals surface area contributed by atoms with E-state index in [1.165, 1.54) is 18.5 Å². The van der Waals surface area contributed by atoms with E-state index in [1.807, 2.05) is 0 Å². The van der Waals surface area contributed by atoms with E-state index >= 15 is 0 Å². The fourth-order valence-electron chi connectivity index (χ4n) is 1.58. The Bertz CT molecular complexity index is 710. The molecule has 0 fully saturated rings. The number of anilines is 1. The van der Waals surface area contributed by atoms with Crippen molar-refractivity contribution in [2.24, 2.45) is 5.73 Å². The van der Waals surface area contributed by atoms with E-state index in [-0.39, 0.29) is 22.6 Å². The van der Waals surface area contributed by atoms with Crippen LogP contribution in [-0.2, 0) is 0 Å². The zero-order valence-corrected chi connectivity index (χ0v) is 11.8. The summed E-state index contributed by atoms with van der Waals surface area (Å²) >= 11 is 4.71. The van der Waals surface area contributed by atoms with Crippen LogP contribution in [0, 0.1) is 0 Å². The van der Waals surface area contributed by atoms with Gasteiger partial charge < -0.3 is 20.8 Å². The fraction of sp³-hybridized carbons (Fsp3) is 0.0714. The zero-order chi connectivity index (χ0) is 15.2. The summed E-state index contributed by atoms with van der Waals surface area (Å²) in [6, 6.07) is 7.95. The van der Waals surface area contributed by atoms with Crippen molar-refractivity contribution in [3.05, 3.63) is 58.5 Å². The van der Waals surface area contributed by atoms with E-state index in [1.54, 1.807) is 24.3 Å². The Labute approximate surface area is 125 Å². The standard InChI is InChI=1S/C14H13N3O3S/c15-13(21)8-20-10-3-1-9(2-4-10)17-14(19)11-7-16-6-5-12(11)18/h1-7H,8H2,(H2,15,21)(H,16,18)(H,17,19). The highest BCUT2D eigenvalue weighted by molar-refractivity contribution is 7.80. The normalized spacial score (nSPS) is 9.90. The highest BCUT2D eigenvalue weighted by Gasteiger charge is 2.09. The fourth-order valence-corrected chi connectivity index (χ4v) is 1.64. The molecule has 0 radical (unpaired) electrons. The minimum absolute atomic E-state index is 0.0475. The number of hydrogen-bond donors (Lipinski definition) is 3. The van der Waals surface area contributed by atoms with Crippen LogP contribution in [0.15, 0.2) is 47.5 Å². The van der Waals surface area contributed by atoms with Gasteiger partial charge >= 0.3 is 0 Å². The Morgan fingerprint density at radius 1 is 1.29 bits per heavy atom. The summed E-state index contributed by atoms with van der Waals surface area (Å²) in [4.78, 5) is 26.4. The van der Waals surface area contributed by atoms with Gasteiger partial charge in [0.15, 0.2) is 5.43 Å². The molecule has 6 nitrogen and oxygen atoms in total. The van der Waals surface area contributed by atoms with Gasteiger partial charge in [-0.25, -0.2) is 0 Å². The number of nitrogens with one attached hydrogen (secondary N) is 2. The molecule has 0 unspecified atom stereocenters. The first-order chi connectivity index (χ1) is 10.1. The molecule has 4 N–H and O–H groups in total. The number of nitrogens with two attached hydrogens (primary N) is 1. The van der Waals surface area contributed by atoms with Crippen molar-refractivity contribution in [1.29, 1.82) is 0 Å². The monoisotopic (exact) mass is 303 g/mol. The van der Waals surface area contributed by atoms with Crippen LogP contribution in [0.2, 0.25) is 0 Å². The molecule has 1 heterocycles. The Morgan fingerprint density at radius 2 is 2.00 bits per heavy atom. The van der Waals surface area contributed by atoms with E-state index in [0.29, 0.717) is 11.4 Å². The predicted octanol–water partition coefficient (Wildman–Crippen LogP) is 1.29. The van der Waals surface area contributed by atoms with Crippen LogP contribution in [0.25, 0.3) is 0 Å². The summed E-state index contributed by atoms with van der Waals surface area (Å²) in [5, 5.41) is 2.63. The molecule has 0 aliphatic carbocycles. The molecule has 0 spiro atoms. The number of hydrogen-bond acceptors (Lipinski definition) is 4. The van der Waals surface area contributed by atoms with Gasteiger partial charge in [-0.15, -0.1) is 0 Å². The number of benzene rings is 1. The third-order valence-electron chi connectivity index (χ3n) is 2.56. The smallest absolute Gasteiger partial charge is 0.261 e. The lowest BCUT2D eigenvalue weighted by Gasteiger charge is -2.07. The molecule has 1 aromatic heterocycles. The number of aromatic nitrogens is 1. The summed E-state index contributed by atoms with van der Waals surface area (Å²) < 4.78 is 5.30. The van der Waals surface area contributed by atoms with Crippen LogP contribution >= 0.6 is 12.2 Å². The first-order valence-corrected chi connectivity index (χ1v) is 6.47. The third kappa shape index (κ3) is 4.15. The van der Waals surface area contributed by atoms with E-state index < -0.39 is 5.91 Å². The topological polar surface area (TPSA) is 97.2 Å². The molecule has 0 aliphatic rings. The molecule has 0 aliphatic heterocycles. The van der Waals surface area contributed by atoms with E-state index in [4.69, 9.17) is 22.7 Å². The molecule has 0 saturated heterocycles. The van der Waals surface area contributed by atoms with Gasteiger partial charge in [-0.1, -0.05) is 12.2 Å². The Hall–Kier alpha value is -2.67. The molecular weight excluding hydrogens is 290 g/mol. The molecule has 21 heavy (non-hydrogen) atoms. The van der Waals surface area contributed by atoms with Crippen molar-refractivity contribution in [2.45, 2.75) is 0 Å². The van der Waals surface area contributed by atoms with Crippen LogP contribution in [0.4, 0.5) is 5.69 Å². The highest BCUT2D eigenvalue weighted by Crippen LogP contribution is 2.16. The van der Waals surface area contributed by atoms with Crippen molar-refractivity contribution < 1.29 is 9.53 Å². The quantitative estimate of drug-likeness (QED) is 0.723. The summed E-state index contributed by atoms with van der Waals surface area (Å²) in [7, 11) is 0. The maximum atomic E-state index is 11.9. The van der Waals surface area contributed by atoms with Crippen molar-refractivity contribution in [2.75, 3.05) is 11.9 Å². The number of aromatic amines is 1. The second-order valence-electron chi connectivity index (χ2n) is 4.16. The first-order valence-electron chi connectivity index (χ1n) is 6.06. The van der Waals surface area contributed by atoms with Crippen LogP contribution in [0.5, 0.6) is 5.75 Å². The molecule has 108 valence electrons. The van der Waals surface area contributed by atoms with Gasteiger partial charge in [0.25, 0.3) is 5.91 Å². The average Bonchev–Trinajstić information content (AvgIpc) is 2.47. The molecule has 0 atom stereocenters. The minimum atomic E-state index is -0.478. The first kappa shape index (κ1) is 14.7. The van der Waals surface area contributed by atoms with Gasteiger partial charge in [-0.05, 0) is 24.3 Å². The largest absolute Gasteiger partial charge is 0.487 e. The maximum Gasteiger partial charge on any atom is 0.261 e. The molecule has 2 aromatic rings. The van der Waals surface area contributed by atoms with E-state index in [9.17, 15) is 9.59 Å². The third-order valence-corrected chi connectivity index (χ3v) is 2.68. The van der Waals surface area contributed by atoms with Gasteiger partial charge in [-0.3, -0.25) is 9.59 Å². The number of carbonyl (C=O) groups is 1. The SMILES string of the molecule is NC(=S)COc1ccc(NC(=O)c2c[nH]ccc2=O)cc1. The highest BCUT2D eigenvalue weighted by atomic mass is 32.1. The van der Waals surface area contributed by atoms with Gasteiger partial charge in [0.05, 0.1) is 0 Å². The maximum absolute atomic E-state index is 11.9. The van der Waals surface area contributed by atoms with Gasteiger partial charge in [0, 0.05) is 24.1 Å². The number of amides is 1. The summed E-state index contributed by atoms with van der Waals surface area (Å²) in [6.07, 6.45) is 2.82. The summed E-state index contributed by atoms with van der Waals surface area (Å²) in [5.74, 6) is 0.104. The number of thiocarbonyl (C=S) groups is 1. The molecule has 0 bridgehead atoms. The van der Waals surface area contributed by atoms with E-state index in [2.05, 4.69) is 10.3 Å². The summed E-state index contributed by atoms with van der Waals surface area (Å²) in [5.41, 5.74) is 5.58. The zero-order valence-electron chi connectivity index (χ0n) is 11.0. The van der Waals surface area contributed by atoms with Crippen LogP contribution in [-0.4, -0.2) is 22.5 Å². The second-order valence-corrected chi connectivity index (χ2v) is 4.68. The van der Waals surface area contributed by atoms with Crippen molar-refractivity contribution in [3.63, 3.8) is 0 Å². The van der Waals surface area contributed by atoms with Crippen molar-refractivity contribution in [1.82, 2.24) is 4.98 Å². The van der Waals surface area contributed by atoms with Crippen LogP contribution in [0.3, 0.4) is 0 Å². The molecule has 2 rings (SSSR count). The second kappa shape index (κ2) is 6.67. The Balaban J connectivity index is 2.03.